The van der Waals surface area contributed by atoms with Gasteiger partial charge in [-0.15, -0.1) is 0 Å². The van der Waals surface area contributed by atoms with Crippen molar-refractivity contribution in [3.63, 3.8) is 0 Å². The van der Waals surface area contributed by atoms with Crippen molar-refractivity contribution >= 4 is 21.4 Å². The van der Waals surface area contributed by atoms with Crippen LogP contribution < -0.4 is 11.1 Å². The van der Waals surface area contributed by atoms with E-state index >= 15 is 0 Å². The van der Waals surface area contributed by atoms with Gasteiger partial charge in [-0.2, -0.15) is 13.2 Å². The average molecular weight is 413 g/mol. The number of aromatic amines is 1. The van der Waals surface area contributed by atoms with Crippen LogP contribution in [0.25, 0.3) is 11.4 Å². The summed E-state index contributed by atoms with van der Waals surface area (Å²) in [6, 6.07) is 9.51. The van der Waals surface area contributed by atoms with Crippen LogP contribution in [0.5, 0.6) is 0 Å². The summed E-state index contributed by atoms with van der Waals surface area (Å²) in [6.07, 6.45) is 0. The largest absolute Gasteiger partial charge is 0.501 e. The molecule has 146 valence electrons. The van der Waals surface area contributed by atoms with E-state index in [9.17, 15) is 31.2 Å². The third kappa shape index (κ3) is 3.81. The van der Waals surface area contributed by atoms with Crippen molar-refractivity contribution in [2.24, 2.45) is 0 Å². The fraction of sp³-hybridized carbons (Fsp3) is 0.0625. The van der Waals surface area contributed by atoms with Gasteiger partial charge in [-0.3, -0.25) is 14.3 Å². The first kappa shape index (κ1) is 19.4. The quantitative estimate of drug-likeness (QED) is 0.678. The van der Waals surface area contributed by atoms with Gasteiger partial charge in [0.05, 0.1) is 4.90 Å². The molecule has 0 fully saturated rings. The van der Waals surface area contributed by atoms with Crippen molar-refractivity contribution in [3.8, 4) is 11.4 Å². The molecule has 1 heterocycles. The van der Waals surface area contributed by atoms with E-state index in [1.165, 1.54) is 12.1 Å². The maximum absolute atomic E-state index is 12.5. The highest BCUT2D eigenvalue weighted by atomic mass is 32.2. The number of nitrogens with zero attached hydrogens (tertiary/aromatic N) is 1. The Morgan fingerprint density at radius 1 is 1.11 bits per heavy atom. The molecule has 0 spiro atoms. The number of rotatable bonds is 4. The Kier molecular flexibility index (Phi) is 4.81. The molecule has 2 N–H and O–H groups in total. The zero-order valence-corrected chi connectivity index (χ0v) is 14.5. The van der Waals surface area contributed by atoms with E-state index in [1.807, 2.05) is 0 Å². The van der Waals surface area contributed by atoms with Gasteiger partial charge in [-0.05, 0) is 36.4 Å². The minimum absolute atomic E-state index is 0.0543. The van der Waals surface area contributed by atoms with E-state index in [0.717, 1.165) is 12.1 Å². The molecule has 0 aliphatic rings. The molecule has 0 saturated carbocycles. The number of amides is 1. The number of H-pyrrole nitrogens is 1. The van der Waals surface area contributed by atoms with E-state index in [2.05, 4.69) is 20.0 Å². The molecular weight excluding hydrogens is 403 g/mol. The fourth-order valence-electron chi connectivity index (χ4n) is 2.22. The molecule has 0 bridgehead atoms. The Labute approximate surface area is 154 Å². The second-order valence-corrected chi connectivity index (χ2v) is 7.39. The molecule has 3 rings (SSSR count). The Bertz CT molecular complexity index is 1180. The number of sulfone groups is 1. The molecule has 0 radical (unpaired) electrons. The monoisotopic (exact) mass is 413 g/mol. The zero-order chi connectivity index (χ0) is 20.5. The lowest BCUT2D eigenvalue weighted by atomic mass is 10.1. The van der Waals surface area contributed by atoms with Crippen LogP contribution in [0.1, 0.15) is 10.4 Å². The number of aromatic nitrogens is 2. The first-order chi connectivity index (χ1) is 13.1. The van der Waals surface area contributed by atoms with Crippen LogP contribution in [0.15, 0.2) is 62.7 Å². The molecule has 0 aliphatic carbocycles. The third-order valence-electron chi connectivity index (χ3n) is 3.57. The lowest BCUT2D eigenvalue weighted by molar-refractivity contribution is -0.0436. The van der Waals surface area contributed by atoms with Gasteiger partial charge in [0.25, 0.3) is 15.7 Å². The Morgan fingerprint density at radius 3 is 2.36 bits per heavy atom. The van der Waals surface area contributed by atoms with Gasteiger partial charge in [0.2, 0.25) is 0 Å². The summed E-state index contributed by atoms with van der Waals surface area (Å²) in [7, 11) is -5.49. The Hall–Kier alpha value is -3.41. The van der Waals surface area contributed by atoms with E-state index in [0.29, 0.717) is 23.4 Å². The zero-order valence-electron chi connectivity index (χ0n) is 13.6. The van der Waals surface area contributed by atoms with E-state index in [-0.39, 0.29) is 11.4 Å². The second kappa shape index (κ2) is 6.96. The van der Waals surface area contributed by atoms with Crippen molar-refractivity contribution in [2.45, 2.75) is 10.4 Å². The number of halogens is 3. The van der Waals surface area contributed by atoms with Gasteiger partial charge in [0, 0.05) is 16.8 Å². The molecule has 8 nitrogen and oxygen atoms in total. The van der Waals surface area contributed by atoms with E-state index < -0.39 is 31.9 Å². The second-order valence-electron chi connectivity index (χ2n) is 5.45. The summed E-state index contributed by atoms with van der Waals surface area (Å²) in [5.74, 6) is -1.29. The summed E-state index contributed by atoms with van der Waals surface area (Å²) in [4.78, 5) is 24.6. The summed E-state index contributed by atoms with van der Waals surface area (Å²) < 4.78 is 64.7. The molecule has 2 aromatic carbocycles. The number of hydrogen-bond acceptors (Lipinski definition) is 6. The van der Waals surface area contributed by atoms with Crippen LogP contribution in [0.2, 0.25) is 0 Å². The van der Waals surface area contributed by atoms with Crippen LogP contribution in [0.4, 0.5) is 18.9 Å². The summed E-state index contributed by atoms with van der Waals surface area (Å²) in [5, 5.41) is 6.01. The number of hydrogen-bond donors (Lipinski definition) is 2. The molecule has 0 atom stereocenters. The lowest BCUT2D eigenvalue weighted by Gasteiger charge is -2.09. The standard InChI is InChI=1S/C16H10F3N3O5S/c17-16(18,19)28(25,26)12-6-4-9(5-7-12)14(23)20-11-3-1-2-10(8-11)13-21-15(24)27-22-13/h1-8H,(H,20,23)(H,21,22,24). The van der Waals surface area contributed by atoms with Gasteiger partial charge in [0.15, 0.2) is 5.82 Å². The summed E-state index contributed by atoms with van der Waals surface area (Å²) >= 11 is 0. The van der Waals surface area contributed by atoms with Gasteiger partial charge in [-0.1, -0.05) is 17.3 Å². The minimum Gasteiger partial charge on any atom is -0.322 e. The molecule has 28 heavy (non-hydrogen) atoms. The minimum atomic E-state index is -5.49. The number of carbonyl (C=O) groups excluding carboxylic acids is 1. The van der Waals surface area contributed by atoms with E-state index in [4.69, 9.17) is 0 Å². The molecule has 12 heteroatoms. The van der Waals surface area contributed by atoms with Gasteiger partial charge in [0.1, 0.15) is 0 Å². The highest BCUT2D eigenvalue weighted by Crippen LogP contribution is 2.30. The van der Waals surface area contributed by atoms with Crippen LogP contribution in [-0.4, -0.2) is 30.0 Å². The molecule has 0 aliphatic heterocycles. The summed E-state index contributed by atoms with van der Waals surface area (Å²) in [6.45, 7) is 0. The van der Waals surface area contributed by atoms with Gasteiger partial charge in [-0.25, -0.2) is 13.2 Å². The molecule has 1 aromatic heterocycles. The van der Waals surface area contributed by atoms with Gasteiger partial charge >= 0.3 is 11.3 Å². The topological polar surface area (TPSA) is 122 Å². The average Bonchev–Trinajstić information content (AvgIpc) is 3.07. The Morgan fingerprint density at radius 2 is 1.79 bits per heavy atom. The Balaban J connectivity index is 1.80. The fourth-order valence-corrected chi connectivity index (χ4v) is 2.98. The smallest absolute Gasteiger partial charge is 0.322 e. The first-order valence-electron chi connectivity index (χ1n) is 7.47. The van der Waals surface area contributed by atoms with Crippen LogP contribution >= 0.6 is 0 Å². The van der Waals surface area contributed by atoms with Crippen molar-refractivity contribution in [3.05, 3.63) is 64.6 Å². The van der Waals surface area contributed by atoms with E-state index in [1.54, 1.807) is 12.1 Å². The number of anilines is 1. The molecule has 1 amide bonds. The van der Waals surface area contributed by atoms with Crippen LogP contribution in [0, 0.1) is 0 Å². The molecule has 3 aromatic rings. The van der Waals surface area contributed by atoms with Gasteiger partial charge < -0.3 is 5.32 Å². The lowest BCUT2D eigenvalue weighted by Crippen LogP contribution is -2.23. The van der Waals surface area contributed by atoms with Crippen molar-refractivity contribution in [1.29, 1.82) is 0 Å². The molecule has 0 saturated heterocycles. The number of alkyl halides is 3. The van der Waals surface area contributed by atoms with Crippen LogP contribution in [-0.2, 0) is 9.84 Å². The maximum atomic E-state index is 12.5. The van der Waals surface area contributed by atoms with Crippen LogP contribution in [0.3, 0.4) is 0 Å². The summed E-state index contributed by atoms with van der Waals surface area (Å²) in [5.41, 5.74) is -4.74. The number of carbonyl (C=O) groups is 1. The normalized spacial score (nSPS) is 12.0. The van der Waals surface area contributed by atoms with Crippen molar-refractivity contribution < 1.29 is 30.9 Å². The predicted octanol–water partition coefficient (Wildman–Crippen LogP) is 2.58. The highest BCUT2D eigenvalue weighted by molar-refractivity contribution is 7.92. The predicted molar refractivity (Wildman–Crippen MR) is 90.2 cm³/mol. The maximum Gasteiger partial charge on any atom is 0.501 e. The SMILES string of the molecule is O=C(Nc1cccc(-c2noc(=O)[nH]2)c1)c1ccc(S(=O)(=O)C(F)(F)F)cc1. The van der Waals surface area contributed by atoms with Crippen molar-refractivity contribution in [2.75, 3.05) is 5.32 Å². The third-order valence-corrected chi connectivity index (χ3v) is 5.07. The number of nitrogens with one attached hydrogen (secondary N) is 2. The number of benzene rings is 2. The van der Waals surface area contributed by atoms with Crippen molar-refractivity contribution in [1.82, 2.24) is 10.1 Å². The molecular formula is C16H10F3N3O5S. The highest BCUT2D eigenvalue weighted by Gasteiger charge is 2.46. The first-order valence-corrected chi connectivity index (χ1v) is 8.95. The molecule has 0 unspecified atom stereocenters.